The topological polar surface area (TPSA) is 121 Å². The first-order valence-electron chi connectivity index (χ1n) is 10.1. The molecule has 3 aromatic rings. The fourth-order valence-corrected chi connectivity index (χ4v) is 4.02. The van der Waals surface area contributed by atoms with Crippen LogP contribution in [0.15, 0.2) is 34.9 Å². The van der Waals surface area contributed by atoms with Crippen LogP contribution in [0.4, 0.5) is 5.00 Å². The van der Waals surface area contributed by atoms with Gasteiger partial charge < -0.3 is 19.3 Å². The average Bonchev–Trinajstić information content (AvgIpc) is 3.38. The maximum Gasteiger partial charge on any atom is 0.348 e. The molecular weight excluding hydrogens is 434 g/mol. The highest BCUT2D eigenvalue weighted by Gasteiger charge is 2.27. The molecule has 32 heavy (non-hydrogen) atoms. The van der Waals surface area contributed by atoms with Crippen molar-refractivity contribution in [3.63, 3.8) is 0 Å². The minimum Gasteiger partial charge on any atom is -0.462 e. The summed E-state index contributed by atoms with van der Waals surface area (Å²) >= 11 is 0.981. The number of benzene rings is 1. The third-order valence-corrected chi connectivity index (χ3v) is 5.59. The number of ether oxygens (including phenoxy) is 2. The molecule has 0 saturated carbocycles. The summed E-state index contributed by atoms with van der Waals surface area (Å²) < 4.78 is 15.4. The summed E-state index contributed by atoms with van der Waals surface area (Å²) in [6, 6.07) is 9.34. The van der Waals surface area contributed by atoms with Crippen molar-refractivity contribution < 1.29 is 28.4 Å². The van der Waals surface area contributed by atoms with E-state index in [1.165, 1.54) is 0 Å². The minimum atomic E-state index is -0.614. The lowest BCUT2D eigenvalue weighted by Crippen LogP contribution is -2.15. The van der Waals surface area contributed by atoms with E-state index in [2.05, 4.69) is 15.5 Å². The van der Waals surface area contributed by atoms with Crippen LogP contribution in [0.5, 0.6) is 0 Å². The monoisotopic (exact) mass is 457 g/mol. The zero-order valence-electron chi connectivity index (χ0n) is 18.0. The second kappa shape index (κ2) is 10.7. The molecule has 3 rings (SSSR count). The Hall–Kier alpha value is -3.53. The molecule has 0 unspecified atom stereocenters. The summed E-state index contributed by atoms with van der Waals surface area (Å²) in [5.41, 5.74) is 1.37. The van der Waals surface area contributed by atoms with Crippen molar-refractivity contribution in [1.82, 2.24) is 10.1 Å². The van der Waals surface area contributed by atoms with Gasteiger partial charge in [0.15, 0.2) is 0 Å². The van der Waals surface area contributed by atoms with Gasteiger partial charge in [0, 0.05) is 18.4 Å². The largest absolute Gasteiger partial charge is 0.462 e. The molecule has 10 heteroatoms. The molecule has 2 heterocycles. The van der Waals surface area contributed by atoms with Crippen molar-refractivity contribution in [2.24, 2.45) is 0 Å². The Morgan fingerprint density at radius 1 is 1.06 bits per heavy atom. The molecule has 0 fully saturated rings. The van der Waals surface area contributed by atoms with E-state index in [0.29, 0.717) is 17.3 Å². The van der Waals surface area contributed by atoms with E-state index in [1.807, 2.05) is 30.3 Å². The molecule has 0 bridgehead atoms. The Bertz CT molecular complexity index is 1110. The Kier molecular flexibility index (Phi) is 7.72. The first kappa shape index (κ1) is 23.1. The highest BCUT2D eigenvalue weighted by Crippen LogP contribution is 2.34. The molecule has 0 radical (unpaired) electrons. The van der Waals surface area contributed by atoms with E-state index in [4.69, 9.17) is 14.0 Å². The predicted molar refractivity (Wildman–Crippen MR) is 118 cm³/mol. The molecule has 0 spiro atoms. The number of carbonyl (C=O) groups is 3. The number of aromatic nitrogens is 2. The van der Waals surface area contributed by atoms with Crippen LogP contribution in [0.3, 0.4) is 0 Å². The molecule has 168 valence electrons. The van der Waals surface area contributed by atoms with Crippen LogP contribution in [0.1, 0.15) is 51.8 Å². The summed E-state index contributed by atoms with van der Waals surface area (Å²) in [6.45, 7) is 5.35. The maximum absolute atomic E-state index is 12.5. The van der Waals surface area contributed by atoms with Gasteiger partial charge in [0.05, 0.1) is 18.8 Å². The molecule has 9 nitrogen and oxygen atoms in total. The van der Waals surface area contributed by atoms with Crippen LogP contribution in [0, 0.1) is 6.92 Å². The van der Waals surface area contributed by atoms with E-state index in [9.17, 15) is 14.4 Å². The van der Waals surface area contributed by atoms with Gasteiger partial charge >= 0.3 is 11.9 Å². The first-order valence-corrected chi connectivity index (χ1v) is 10.9. The number of hydrogen-bond donors (Lipinski definition) is 1. The third-order valence-electron chi connectivity index (χ3n) is 4.41. The van der Waals surface area contributed by atoms with Gasteiger partial charge in [0.1, 0.15) is 9.88 Å². The van der Waals surface area contributed by atoms with Crippen molar-refractivity contribution in [3.8, 4) is 11.4 Å². The van der Waals surface area contributed by atoms with E-state index in [-0.39, 0.29) is 47.4 Å². The number of aryl methyl sites for hydroxylation is 1. The van der Waals surface area contributed by atoms with Crippen LogP contribution in [-0.4, -0.2) is 41.2 Å². The highest BCUT2D eigenvalue weighted by molar-refractivity contribution is 7.18. The molecular formula is C22H23N3O6S. The van der Waals surface area contributed by atoms with Gasteiger partial charge in [-0.25, -0.2) is 9.59 Å². The van der Waals surface area contributed by atoms with Gasteiger partial charge in [-0.3, -0.25) is 4.79 Å². The van der Waals surface area contributed by atoms with Crippen molar-refractivity contribution in [2.75, 3.05) is 18.5 Å². The van der Waals surface area contributed by atoms with Gasteiger partial charge in [-0.2, -0.15) is 4.98 Å². The zero-order valence-corrected chi connectivity index (χ0v) is 18.8. The lowest BCUT2D eigenvalue weighted by Gasteiger charge is -2.06. The van der Waals surface area contributed by atoms with Gasteiger partial charge in [0.25, 0.3) is 0 Å². The van der Waals surface area contributed by atoms with Gasteiger partial charge in [-0.15, -0.1) is 11.3 Å². The van der Waals surface area contributed by atoms with Crippen molar-refractivity contribution >= 4 is 34.2 Å². The highest BCUT2D eigenvalue weighted by atomic mass is 32.1. The predicted octanol–water partition coefficient (Wildman–Crippen LogP) is 4.03. The number of esters is 2. The average molecular weight is 458 g/mol. The summed E-state index contributed by atoms with van der Waals surface area (Å²) in [6.07, 6.45) is 0.264. The Labute approximate surface area is 188 Å². The quantitative estimate of drug-likeness (QED) is 0.478. The van der Waals surface area contributed by atoms with Crippen LogP contribution < -0.4 is 5.32 Å². The maximum atomic E-state index is 12.5. The lowest BCUT2D eigenvalue weighted by atomic mass is 10.1. The minimum absolute atomic E-state index is 0.0460. The summed E-state index contributed by atoms with van der Waals surface area (Å²) in [5, 5.41) is 6.87. The van der Waals surface area contributed by atoms with Crippen LogP contribution in [0.25, 0.3) is 11.4 Å². The van der Waals surface area contributed by atoms with Crippen LogP contribution >= 0.6 is 11.3 Å². The fourth-order valence-electron chi connectivity index (χ4n) is 2.91. The smallest absolute Gasteiger partial charge is 0.348 e. The van der Waals surface area contributed by atoms with Crippen molar-refractivity contribution in [3.05, 3.63) is 52.2 Å². The van der Waals surface area contributed by atoms with Crippen molar-refractivity contribution in [2.45, 2.75) is 33.6 Å². The number of nitrogens with one attached hydrogen (secondary N) is 1. The van der Waals surface area contributed by atoms with Crippen LogP contribution in [0.2, 0.25) is 0 Å². The van der Waals surface area contributed by atoms with E-state index in [1.54, 1.807) is 20.8 Å². The molecule has 0 aliphatic carbocycles. The van der Waals surface area contributed by atoms with Gasteiger partial charge in [-0.1, -0.05) is 35.5 Å². The molecule has 2 aromatic heterocycles. The Morgan fingerprint density at radius 3 is 2.44 bits per heavy atom. The standard InChI is InChI=1S/C22H23N3O6S/c1-4-29-21(27)17-13(3)18(22(28)30-5-2)32-20(17)23-15(26)11-12-16-24-19(25-31-16)14-9-7-6-8-10-14/h6-10H,4-5,11-12H2,1-3H3,(H,23,26). The molecule has 0 atom stereocenters. The molecule has 0 saturated heterocycles. The van der Waals surface area contributed by atoms with Gasteiger partial charge in [-0.05, 0) is 26.3 Å². The van der Waals surface area contributed by atoms with Gasteiger partial charge in [0.2, 0.25) is 17.6 Å². The van der Waals surface area contributed by atoms with E-state index >= 15 is 0 Å². The normalized spacial score (nSPS) is 10.6. The molecule has 1 N–H and O–H groups in total. The van der Waals surface area contributed by atoms with E-state index < -0.39 is 11.9 Å². The van der Waals surface area contributed by atoms with E-state index in [0.717, 1.165) is 16.9 Å². The second-order valence-electron chi connectivity index (χ2n) is 6.63. The number of thiophene rings is 1. The third kappa shape index (κ3) is 5.38. The Balaban J connectivity index is 1.71. The number of anilines is 1. The fraction of sp³-hybridized carbons (Fsp3) is 0.318. The van der Waals surface area contributed by atoms with Crippen molar-refractivity contribution in [1.29, 1.82) is 0 Å². The molecule has 1 amide bonds. The second-order valence-corrected chi connectivity index (χ2v) is 7.65. The molecule has 0 aliphatic heterocycles. The SMILES string of the molecule is CCOC(=O)c1sc(NC(=O)CCc2nc(-c3ccccc3)no2)c(C(=O)OCC)c1C. The number of hydrogen-bond acceptors (Lipinski definition) is 9. The summed E-state index contributed by atoms with van der Waals surface area (Å²) in [7, 11) is 0. The Morgan fingerprint density at radius 2 is 1.75 bits per heavy atom. The summed E-state index contributed by atoms with van der Waals surface area (Å²) in [5.74, 6) is -0.777. The lowest BCUT2D eigenvalue weighted by molar-refractivity contribution is -0.116. The zero-order chi connectivity index (χ0) is 23.1. The number of carbonyl (C=O) groups excluding carboxylic acids is 3. The summed E-state index contributed by atoms with van der Waals surface area (Å²) in [4.78, 5) is 41.7. The number of amides is 1. The first-order chi connectivity index (χ1) is 15.4. The van der Waals surface area contributed by atoms with Crippen LogP contribution in [-0.2, 0) is 20.7 Å². The molecule has 1 aromatic carbocycles. The molecule has 0 aliphatic rings. The number of nitrogens with zero attached hydrogens (tertiary/aromatic N) is 2. The number of rotatable bonds is 9.